The first-order chi connectivity index (χ1) is 13.6. The van der Waals surface area contributed by atoms with E-state index in [9.17, 15) is 9.59 Å². The Morgan fingerprint density at radius 2 is 2.04 bits per heavy atom. The fourth-order valence-corrected chi connectivity index (χ4v) is 3.85. The molecule has 0 radical (unpaired) electrons. The maximum atomic E-state index is 12.3. The smallest absolute Gasteiger partial charge is 0.257 e. The molecule has 1 aliphatic carbocycles. The second-order valence-corrected chi connectivity index (χ2v) is 7.30. The maximum Gasteiger partial charge on any atom is 0.257 e. The van der Waals surface area contributed by atoms with E-state index in [0.717, 1.165) is 36.8 Å². The molecule has 2 unspecified atom stereocenters. The van der Waals surface area contributed by atoms with Crippen LogP contribution in [0.4, 0.5) is 0 Å². The molecule has 0 spiro atoms. The summed E-state index contributed by atoms with van der Waals surface area (Å²) < 4.78 is 12.3. The highest BCUT2D eigenvalue weighted by atomic mass is 16.5. The Morgan fingerprint density at radius 3 is 2.75 bits per heavy atom. The van der Waals surface area contributed by atoms with Crippen LogP contribution in [0.25, 0.3) is 0 Å². The van der Waals surface area contributed by atoms with Gasteiger partial charge in [0.2, 0.25) is 5.91 Å². The number of hydrogen-bond acceptors (Lipinski definition) is 5. The van der Waals surface area contributed by atoms with E-state index in [2.05, 4.69) is 17.2 Å². The minimum atomic E-state index is -0.716. The number of hydrogen-bond donors (Lipinski definition) is 1. The standard InChI is InChI=1S/C22H28N2O4/c1-3-4-5-14-28-20-18-15-19(25)24-21(26)17(18)7-11-22(20,27-2)10-6-16-8-12-23-13-9-16/h7-9,11-13,20H,3-6,10,14-15H2,1-2H3,(H,24,25,26). The van der Waals surface area contributed by atoms with Gasteiger partial charge in [-0.2, -0.15) is 0 Å². The van der Waals surface area contributed by atoms with Gasteiger partial charge in [0.1, 0.15) is 11.7 Å². The van der Waals surface area contributed by atoms with Gasteiger partial charge in [0, 0.05) is 31.7 Å². The number of amides is 2. The second-order valence-electron chi connectivity index (χ2n) is 7.30. The summed E-state index contributed by atoms with van der Waals surface area (Å²) in [6.07, 6.45) is 11.5. The van der Waals surface area contributed by atoms with Crippen molar-refractivity contribution in [2.24, 2.45) is 0 Å². The van der Waals surface area contributed by atoms with Crippen LogP contribution in [0.5, 0.6) is 0 Å². The van der Waals surface area contributed by atoms with Crippen molar-refractivity contribution in [2.75, 3.05) is 13.7 Å². The van der Waals surface area contributed by atoms with Gasteiger partial charge in [-0.1, -0.05) is 25.8 Å². The number of pyridine rings is 1. The molecule has 0 saturated carbocycles. The van der Waals surface area contributed by atoms with Gasteiger partial charge < -0.3 is 9.47 Å². The molecule has 2 heterocycles. The van der Waals surface area contributed by atoms with Crippen molar-refractivity contribution < 1.29 is 19.1 Å². The predicted molar refractivity (Wildman–Crippen MR) is 105 cm³/mol. The molecule has 6 heteroatoms. The molecule has 0 aromatic carbocycles. The SMILES string of the molecule is CCCCCOC1C2=C(C=CC1(CCc1ccncc1)OC)C(=O)NC(=O)C2. The molecule has 0 bridgehead atoms. The van der Waals surface area contributed by atoms with Gasteiger partial charge in [-0.25, -0.2) is 0 Å². The summed E-state index contributed by atoms with van der Waals surface area (Å²) in [6, 6.07) is 3.96. The lowest BCUT2D eigenvalue weighted by Crippen LogP contribution is -2.51. The molecule has 3 rings (SSSR count). The maximum absolute atomic E-state index is 12.3. The Bertz CT molecular complexity index is 772. The number of carbonyl (C=O) groups excluding carboxylic acids is 2. The first-order valence-corrected chi connectivity index (χ1v) is 9.91. The van der Waals surface area contributed by atoms with Crippen LogP contribution < -0.4 is 5.32 Å². The molecule has 2 aliphatic rings. The average molecular weight is 384 g/mol. The normalized spacial score (nSPS) is 24.3. The third-order valence-corrected chi connectivity index (χ3v) is 5.45. The van der Waals surface area contributed by atoms with Crippen molar-refractivity contribution in [3.63, 3.8) is 0 Å². The van der Waals surface area contributed by atoms with E-state index < -0.39 is 11.7 Å². The number of aryl methyl sites for hydroxylation is 1. The highest BCUT2D eigenvalue weighted by Crippen LogP contribution is 2.39. The van der Waals surface area contributed by atoms with Gasteiger partial charge in [-0.15, -0.1) is 0 Å². The lowest BCUT2D eigenvalue weighted by atomic mass is 9.77. The summed E-state index contributed by atoms with van der Waals surface area (Å²) >= 11 is 0. The number of aromatic nitrogens is 1. The zero-order chi connectivity index (χ0) is 20.0. The number of carbonyl (C=O) groups is 2. The number of methoxy groups -OCH3 is 1. The Hall–Kier alpha value is -2.31. The van der Waals surface area contributed by atoms with Crippen molar-refractivity contribution in [1.82, 2.24) is 10.3 Å². The van der Waals surface area contributed by atoms with Crippen LogP contribution >= 0.6 is 0 Å². The molecule has 150 valence electrons. The predicted octanol–water partition coefficient (Wildman–Crippen LogP) is 2.89. The fourth-order valence-electron chi connectivity index (χ4n) is 3.85. The van der Waals surface area contributed by atoms with Crippen LogP contribution in [0, 0.1) is 0 Å². The van der Waals surface area contributed by atoms with Crippen molar-refractivity contribution in [3.8, 4) is 0 Å². The van der Waals surface area contributed by atoms with E-state index >= 15 is 0 Å². The molecular formula is C22H28N2O4. The highest BCUT2D eigenvalue weighted by molar-refractivity contribution is 6.10. The van der Waals surface area contributed by atoms with Crippen molar-refractivity contribution >= 4 is 11.8 Å². The molecular weight excluding hydrogens is 356 g/mol. The summed E-state index contributed by atoms with van der Waals surface area (Å²) in [5, 5.41) is 2.39. The van der Waals surface area contributed by atoms with E-state index in [1.807, 2.05) is 18.2 Å². The molecule has 1 aromatic heterocycles. The molecule has 1 N–H and O–H groups in total. The van der Waals surface area contributed by atoms with Gasteiger partial charge in [-0.3, -0.25) is 19.9 Å². The number of ether oxygens (including phenoxy) is 2. The number of rotatable bonds is 9. The summed E-state index contributed by atoms with van der Waals surface area (Å²) in [5.74, 6) is -0.649. The van der Waals surface area contributed by atoms with E-state index in [4.69, 9.17) is 9.47 Å². The van der Waals surface area contributed by atoms with Crippen LogP contribution in [-0.2, 0) is 25.5 Å². The van der Waals surface area contributed by atoms with Crippen molar-refractivity contribution in [2.45, 2.75) is 57.2 Å². The topological polar surface area (TPSA) is 77.5 Å². The molecule has 1 aromatic rings. The van der Waals surface area contributed by atoms with Gasteiger partial charge >= 0.3 is 0 Å². The van der Waals surface area contributed by atoms with Crippen molar-refractivity contribution in [1.29, 1.82) is 0 Å². The Labute approximate surface area is 166 Å². The van der Waals surface area contributed by atoms with Crippen LogP contribution in [0.2, 0.25) is 0 Å². The fraction of sp³-hybridized carbons (Fsp3) is 0.500. The van der Waals surface area contributed by atoms with Crippen LogP contribution in [-0.4, -0.2) is 42.2 Å². The van der Waals surface area contributed by atoms with Gasteiger partial charge in [0.25, 0.3) is 5.91 Å². The Balaban J connectivity index is 1.87. The van der Waals surface area contributed by atoms with Crippen LogP contribution in [0.15, 0.2) is 47.8 Å². The summed E-state index contributed by atoms with van der Waals surface area (Å²) in [7, 11) is 1.66. The zero-order valence-electron chi connectivity index (χ0n) is 16.6. The third-order valence-electron chi connectivity index (χ3n) is 5.45. The second kappa shape index (κ2) is 9.26. The number of imide groups is 1. The number of nitrogens with one attached hydrogen (secondary N) is 1. The lowest BCUT2D eigenvalue weighted by Gasteiger charge is -2.42. The molecule has 0 saturated heterocycles. The molecule has 0 fully saturated rings. The van der Waals surface area contributed by atoms with E-state index in [1.165, 1.54) is 0 Å². The van der Waals surface area contributed by atoms with Gasteiger partial charge in [0.05, 0.1) is 6.42 Å². The molecule has 2 atom stereocenters. The zero-order valence-corrected chi connectivity index (χ0v) is 16.6. The van der Waals surface area contributed by atoms with Crippen LogP contribution in [0.3, 0.4) is 0 Å². The Morgan fingerprint density at radius 1 is 1.25 bits per heavy atom. The van der Waals surface area contributed by atoms with Gasteiger partial charge in [0.15, 0.2) is 0 Å². The molecule has 6 nitrogen and oxygen atoms in total. The monoisotopic (exact) mass is 384 g/mol. The summed E-state index contributed by atoms with van der Waals surface area (Å²) in [6.45, 7) is 2.71. The summed E-state index contributed by atoms with van der Waals surface area (Å²) in [4.78, 5) is 28.4. The molecule has 2 amide bonds. The largest absolute Gasteiger partial charge is 0.371 e. The van der Waals surface area contributed by atoms with E-state index in [-0.39, 0.29) is 18.2 Å². The molecule has 1 aliphatic heterocycles. The quantitative estimate of drug-likeness (QED) is 0.523. The lowest BCUT2D eigenvalue weighted by molar-refractivity contribution is -0.131. The first kappa shape index (κ1) is 20.4. The first-order valence-electron chi connectivity index (χ1n) is 9.91. The minimum Gasteiger partial charge on any atom is -0.371 e. The van der Waals surface area contributed by atoms with Crippen molar-refractivity contribution in [3.05, 3.63) is 53.4 Å². The minimum absolute atomic E-state index is 0.157. The van der Waals surface area contributed by atoms with Crippen LogP contribution in [0.1, 0.15) is 44.6 Å². The van der Waals surface area contributed by atoms with E-state index in [0.29, 0.717) is 18.6 Å². The highest BCUT2D eigenvalue weighted by Gasteiger charge is 2.45. The molecule has 28 heavy (non-hydrogen) atoms. The third kappa shape index (κ3) is 4.39. The number of nitrogens with zero attached hydrogens (tertiary/aromatic N) is 1. The summed E-state index contributed by atoms with van der Waals surface area (Å²) in [5.41, 5.74) is 1.69. The van der Waals surface area contributed by atoms with E-state index in [1.54, 1.807) is 25.6 Å². The average Bonchev–Trinajstić information content (AvgIpc) is 2.71. The number of unbranched alkanes of at least 4 members (excludes halogenated alkanes) is 2. The van der Waals surface area contributed by atoms with Gasteiger partial charge in [-0.05, 0) is 48.6 Å². The Kier molecular flexibility index (Phi) is 6.75.